The first-order valence-corrected chi connectivity index (χ1v) is 28.2. The average Bonchev–Trinajstić information content (AvgIpc) is 3.29. The first kappa shape index (κ1) is 61.2. The van der Waals surface area contributed by atoms with E-state index < -0.39 is 49.5 Å². The van der Waals surface area contributed by atoms with Crippen LogP contribution in [0.3, 0.4) is 0 Å². The first-order valence-electron chi connectivity index (χ1n) is 28.2. The van der Waals surface area contributed by atoms with Gasteiger partial charge < -0.3 is 40.3 Å². The number of aliphatic hydroxyl groups excluding tert-OH is 5. The molecule has 0 aromatic heterocycles. The molecule has 7 atom stereocenters. The van der Waals surface area contributed by atoms with Crippen LogP contribution in [0.1, 0.15) is 290 Å². The zero-order valence-corrected chi connectivity index (χ0v) is 42.3. The largest absolute Gasteiger partial charge is 0.394 e. The molecule has 64 heavy (non-hydrogen) atoms. The number of rotatable bonds is 49. The van der Waals surface area contributed by atoms with E-state index in [9.17, 15) is 30.3 Å². The molecule has 1 aliphatic heterocycles. The second-order valence-corrected chi connectivity index (χ2v) is 20.1. The monoisotopic (exact) mass is 912 g/mol. The molecule has 0 aliphatic carbocycles. The minimum absolute atomic E-state index is 0.131. The molecule has 9 heteroatoms. The van der Waals surface area contributed by atoms with Crippen LogP contribution in [0.4, 0.5) is 0 Å². The van der Waals surface area contributed by atoms with Gasteiger partial charge in [-0.1, -0.05) is 271 Å². The van der Waals surface area contributed by atoms with Crippen molar-refractivity contribution in [3.8, 4) is 0 Å². The molecular formula is C55H109NO8. The van der Waals surface area contributed by atoms with E-state index in [0.717, 1.165) is 38.5 Å². The second-order valence-electron chi connectivity index (χ2n) is 20.1. The van der Waals surface area contributed by atoms with Gasteiger partial charge in [-0.25, -0.2) is 0 Å². The van der Waals surface area contributed by atoms with Gasteiger partial charge in [0.2, 0.25) is 5.91 Å². The molecule has 1 heterocycles. The van der Waals surface area contributed by atoms with Gasteiger partial charge in [-0.05, 0) is 12.8 Å². The maximum Gasteiger partial charge on any atom is 0.220 e. The molecule has 1 saturated heterocycles. The fraction of sp³-hybridized carbons (Fsp3) is 0.982. The minimum atomic E-state index is -1.55. The maximum absolute atomic E-state index is 13.0. The lowest BCUT2D eigenvalue weighted by Crippen LogP contribution is -2.60. The van der Waals surface area contributed by atoms with Crippen LogP contribution in [0.5, 0.6) is 0 Å². The average molecular weight is 912 g/mol. The highest BCUT2D eigenvalue weighted by Gasteiger charge is 2.44. The van der Waals surface area contributed by atoms with Crippen LogP contribution in [-0.4, -0.2) is 87.5 Å². The number of aliphatic hydroxyl groups is 5. The summed E-state index contributed by atoms with van der Waals surface area (Å²) in [6, 6.07) is -0.712. The number of hydrogen-bond donors (Lipinski definition) is 6. The Labute approximate surface area is 395 Å². The Morgan fingerprint density at radius 3 is 1.11 bits per heavy atom. The summed E-state index contributed by atoms with van der Waals surface area (Å²) in [7, 11) is 0. The van der Waals surface area contributed by atoms with Crippen molar-refractivity contribution in [2.24, 2.45) is 0 Å². The maximum atomic E-state index is 13.0. The van der Waals surface area contributed by atoms with Gasteiger partial charge in [-0.2, -0.15) is 0 Å². The number of unbranched alkanes of at least 4 members (excludes halogenated alkanes) is 39. The molecule has 0 aromatic rings. The highest BCUT2D eigenvalue weighted by molar-refractivity contribution is 5.76. The van der Waals surface area contributed by atoms with Gasteiger partial charge in [-0.3, -0.25) is 4.79 Å². The summed E-state index contributed by atoms with van der Waals surface area (Å²) in [4.78, 5) is 13.0. The van der Waals surface area contributed by atoms with Gasteiger partial charge in [-0.15, -0.1) is 0 Å². The third-order valence-corrected chi connectivity index (χ3v) is 14.0. The lowest BCUT2D eigenvalue weighted by Gasteiger charge is -2.40. The summed E-state index contributed by atoms with van der Waals surface area (Å²) in [6.45, 7) is 3.86. The number of nitrogens with one attached hydrogen (secondary N) is 1. The number of amides is 1. The van der Waals surface area contributed by atoms with Crippen LogP contribution in [0.25, 0.3) is 0 Å². The molecule has 0 bridgehead atoms. The van der Waals surface area contributed by atoms with Crippen LogP contribution in [0, 0.1) is 0 Å². The fourth-order valence-electron chi connectivity index (χ4n) is 9.46. The van der Waals surface area contributed by atoms with Crippen molar-refractivity contribution >= 4 is 5.91 Å². The standard InChI is InChI=1S/C55H109NO8/c1-3-5-7-9-11-13-15-17-18-19-20-21-22-23-24-25-26-27-28-29-30-31-32-33-34-36-38-40-42-44-49(58)48(47-63-55-54(62)53(61)52(60)50(46-57)64-55)56-51(59)45-43-41-39-37-35-16-14-12-10-8-6-4-2/h48-50,52-55,57-58,60-62H,3-47H2,1-2H3,(H,56,59). The number of hydrogen-bond acceptors (Lipinski definition) is 8. The van der Waals surface area contributed by atoms with E-state index in [1.54, 1.807) is 0 Å². The normalized spacial score (nSPS) is 19.9. The lowest BCUT2D eigenvalue weighted by atomic mass is 9.99. The molecule has 0 radical (unpaired) electrons. The zero-order valence-electron chi connectivity index (χ0n) is 42.3. The number of ether oxygens (including phenoxy) is 2. The summed E-state index contributed by atoms with van der Waals surface area (Å²) in [5, 5.41) is 54.5. The van der Waals surface area contributed by atoms with Crippen LogP contribution in [0.2, 0.25) is 0 Å². The molecule has 1 amide bonds. The summed E-state index contributed by atoms with van der Waals surface area (Å²) in [5.41, 5.74) is 0. The Morgan fingerprint density at radius 1 is 0.469 bits per heavy atom. The van der Waals surface area contributed by atoms with Gasteiger partial charge in [0.1, 0.15) is 24.4 Å². The molecule has 382 valence electrons. The van der Waals surface area contributed by atoms with Crippen molar-refractivity contribution in [2.75, 3.05) is 13.2 Å². The quantitative estimate of drug-likeness (QED) is 0.0331. The van der Waals surface area contributed by atoms with Gasteiger partial charge in [0.05, 0.1) is 25.4 Å². The van der Waals surface area contributed by atoms with Crippen molar-refractivity contribution < 1.29 is 39.8 Å². The second kappa shape index (κ2) is 45.9. The summed E-state index contributed by atoms with van der Waals surface area (Å²) >= 11 is 0. The zero-order chi connectivity index (χ0) is 46.6. The first-order chi connectivity index (χ1) is 31.3. The van der Waals surface area contributed by atoms with E-state index in [1.807, 2.05) is 0 Å². The van der Waals surface area contributed by atoms with Crippen LogP contribution < -0.4 is 5.32 Å². The topological polar surface area (TPSA) is 149 Å². The molecule has 0 aromatic carbocycles. The van der Waals surface area contributed by atoms with Gasteiger partial charge >= 0.3 is 0 Å². The van der Waals surface area contributed by atoms with Crippen molar-refractivity contribution in [2.45, 2.75) is 333 Å². The Hall–Kier alpha value is -0.810. The third-order valence-electron chi connectivity index (χ3n) is 14.0. The van der Waals surface area contributed by atoms with Gasteiger partial charge in [0.25, 0.3) is 0 Å². The van der Waals surface area contributed by atoms with Gasteiger partial charge in [0, 0.05) is 6.42 Å². The number of carbonyl (C=O) groups is 1. The Bertz CT molecular complexity index is 970. The number of carbonyl (C=O) groups excluding carboxylic acids is 1. The van der Waals surface area contributed by atoms with E-state index in [4.69, 9.17) is 9.47 Å². The Balaban J connectivity index is 2.12. The van der Waals surface area contributed by atoms with E-state index in [1.165, 1.54) is 225 Å². The summed E-state index contributed by atoms with van der Waals surface area (Å²) < 4.78 is 11.3. The van der Waals surface area contributed by atoms with Crippen LogP contribution >= 0.6 is 0 Å². The molecular weight excluding hydrogens is 803 g/mol. The molecule has 6 N–H and O–H groups in total. The Kier molecular flexibility index (Phi) is 43.9. The van der Waals surface area contributed by atoms with Crippen molar-refractivity contribution in [1.29, 1.82) is 0 Å². The van der Waals surface area contributed by atoms with E-state index in [-0.39, 0.29) is 12.5 Å². The highest BCUT2D eigenvalue weighted by Crippen LogP contribution is 2.23. The van der Waals surface area contributed by atoms with Crippen molar-refractivity contribution in [3.05, 3.63) is 0 Å². The van der Waals surface area contributed by atoms with E-state index in [2.05, 4.69) is 19.2 Å². The molecule has 1 fully saturated rings. The predicted molar refractivity (Wildman–Crippen MR) is 268 cm³/mol. The van der Waals surface area contributed by atoms with E-state index >= 15 is 0 Å². The molecule has 9 nitrogen and oxygen atoms in total. The SMILES string of the molecule is CCCCCCCCCCCCCCCCCCCCCCCCCCCCCCCC(O)C(COC1OC(CO)C(O)C(O)C1O)NC(=O)CCCCCCCCCCCCCC. The summed E-state index contributed by atoms with van der Waals surface area (Å²) in [5.74, 6) is -0.140. The van der Waals surface area contributed by atoms with Crippen LogP contribution in [-0.2, 0) is 14.3 Å². The Morgan fingerprint density at radius 2 is 0.781 bits per heavy atom. The molecule has 0 spiro atoms. The molecule has 0 saturated carbocycles. The summed E-state index contributed by atoms with van der Waals surface area (Å²) in [6.07, 6.45) is 47.2. The van der Waals surface area contributed by atoms with E-state index in [0.29, 0.717) is 12.8 Å². The fourth-order valence-corrected chi connectivity index (χ4v) is 9.46. The lowest BCUT2D eigenvalue weighted by molar-refractivity contribution is -0.302. The third kappa shape index (κ3) is 35.3. The molecule has 1 rings (SSSR count). The van der Waals surface area contributed by atoms with Crippen molar-refractivity contribution in [3.63, 3.8) is 0 Å². The smallest absolute Gasteiger partial charge is 0.220 e. The van der Waals surface area contributed by atoms with Crippen LogP contribution in [0.15, 0.2) is 0 Å². The highest BCUT2D eigenvalue weighted by atomic mass is 16.7. The van der Waals surface area contributed by atoms with Gasteiger partial charge in [0.15, 0.2) is 6.29 Å². The predicted octanol–water partition coefficient (Wildman–Crippen LogP) is 13.5. The minimum Gasteiger partial charge on any atom is -0.394 e. The van der Waals surface area contributed by atoms with Crippen molar-refractivity contribution in [1.82, 2.24) is 5.32 Å². The molecule has 1 aliphatic rings. The molecule has 7 unspecified atom stereocenters.